The van der Waals surface area contributed by atoms with E-state index in [4.69, 9.17) is 16.3 Å². The summed E-state index contributed by atoms with van der Waals surface area (Å²) in [6, 6.07) is 12.5. The number of benzene rings is 2. The molecule has 0 fully saturated rings. The smallest absolute Gasteiger partial charge is 0.265 e. The molecule has 3 rings (SSSR count). The number of hydrogen-bond acceptors (Lipinski definition) is 6. The Kier molecular flexibility index (Phi) is 6.77. The van der Waals surface area contributed by atoms with Gasteiger partial charge in [0.15, 0.2) is 6.10 Å². The second kappa shape index (κ2) is 9.32. The van der Waals surface area contributed by atoms with Gasteiger partial charge in [-0.3, -0.25) is 4.79 Å². The predicted octanol–water partition coefficient (Wildman–Crippen LogP) is 3.95. The molecule has 2 aromatic carbocycles. The number of aromatic nitrogens is 2. The topological polar surface area (TPSA) is 110 Å². The summed E-state index contributed by atoms with van der Waals surface area (Å²) in [5.74, 6) is 0.162. The minimum Gasteiger partial charge on any atom is -0.481 e. The lowest BCUT2D eigenvalue weighted by Crippen LogP contribution is -2.30. The second-order valence-electron chi connectivity index (χ2n) is 6.81. The third-order valence-electron chi connectivity index (χ3n) is 4.26. The van der Waals surface area contributed by atoms with Crippen LogP contribution in [0.2, 0.25) is 5.02 Å². The zero-order valence-corrected chi connectivity index (χ0v) is 18.7. The van der Waals surface area contributed by atoms with Crippen molar-refractivity contribution < 1.29 is 17.9 Å². The number of rotatable bonds is 7. The van der Waals surface area contributed by atoms with Crippen LogP contribution in [0.4, 0.5) is 11.6 Å². The molecule has 0 aliphatic rings. The first kappa shape index (κ1) is 22.5. The van der Waals surface area contributed by atoms with Gasteiger partial charge in [-0.1, -0.05) is 11.6 Å². The molecule has 0 saturated heterocycles. The standard InChI is InChI=1S/C21H21ClN4O4S/c1-13-12-16(22)4-9-19(13)30-15(3)20(27)25-17-5-7-18(8-6-17)31(28,29)26-21-23-11-10-14(2)24-21/h4-12,15H,1-3H3,(H,25,27)(H,23,24,26)/t15-/m0/s1. The second-order valence-corrected chi connectivity index (χ2v) is 8.93. The molecule has 1 aromatic heterocycles. The highest BCUT2D eigenvalue weighted by molar-refractivity contribution is 7.92. The summed E-state index contributed by atoms with van der Waals surface area (Å²) in [6.45, 7) is 5.19. The van der Waals surface area contributed by atoms with Crippen LogP contribution < -0.4 is 14.8 Å². The summed E-state index contributed by atoms with van der Waals surface area (Å²) < 4.78 is 33.0. The number of carbonyl (C=O) groups excluding carboxylic acids is 1. The number of halogens is 1. The van der Waals surface area contributed by atoms with Gasteiger partial charge in [0.05, 0.1) is 4.90 Å². The fraction of sp³-hybridized carbons (Fsp3) is 0.190. The number of hydrogen-bond donors (Lipinski definition) is 2. The van der Waals surface area contributed by atoms with E-state index in [1.54, 1.807) is 38.1 Å². The Morgan fingerprint density at radius 1 is 1.10 bits per heavy atom. The number of nitrogens with zero attached hydrogens (tertiary/aromatic N) is 2. The number of anilines is 2. The van der Waals surface area contributed by atoms with Gasteiger partial charge < -0.3 is 10.1 Å². The van der Waals surface area contributed by atoms with E-state index in [2.05, 4.69) is 20.0 Å². The lowest BCUT2D eigenvalue weighted by atomic mass is 10.2. The van der Waals surface area contributed by atoms with Crippen LogP contribution in [0.5, 0.6) is 5.75 Å². The Bertz CT molecular complexity index is 1200. The number of amides is 1. The molecule has 0 spiro atoms. The van der Waals surface area contributed by atoms with Gasteiger partial charge in [0.1, 0.15) is 5.75 Å². The molecule has 1 amide bonds. The van der Waals surface area contributed by atoms with Crippen molar-refractivity contribution in [3.05, 3.63) is 71.0 Å². The van der Waals surface area contributed by atoms with Gasteiger partial charge in [-0.2, -0.15) is 0 Å². The Labute approximate surface area is 185 Å². The first-order valence-corrected chi connectivity index (χ1v) is 11.2. The zero-order chi connectivity index (χ0) is 22.6. The van der Waals surface area contributed by atoms with Crippen molar-refractivity contribution in [3.8, 4) is 5.75 Å². The summed E-state index contributed by atoms with van der Waals surface area (Å²) in [5.41, 5.74) is 1.88. The van der Waals surface area contributed by atoms with Crippen molar-refractivity contribution in [1.82, 2.24) is 9.97 Å². The van der Waals surface area contributed by atoms with E-state index < -0.39 is 16.1 Å². The van der Waals surface area contributed by atoms with E-state index in [0.717, 1.165) is 5.56 Å². The SMILES string of the molecule is Cc1ccnc(NS(=O)(=O)c2ccc(NC(=O)[C@H](C)Oc3ccc(Cl)cc3C)cc2)n1. The lowest BCUT2D eigenvalue weighted by molar-refractivity contribution is -0.122. The molecular weight excluding hydrogens is 440 g/mol. The molecule has 162 valence electrons. The molecule has 3 aromatic rings. The van der Waals surface area contributed by atoms with Crippen LogP contribution in [0.3, 0.4) is 0 Å². The molecular formula is C21H21ClN4O4S. The molecule has 0 unspecified atom stereocenters. The molecule has 8 nitrogen and oxygen atoms in total. The van der Waals surface area contributed by atoms with Crippen LogP contribution in [0, 0.1) is 13.8 Å². The fourth-order valence-electron chi connectivity index (χ4n) is 2.63. The van der Waals surface area contributed by atoms with Crippen LogP contribution in [0.15, 0.2) is 59.6 Å². The van der Waals surface area contributed by atoms with Gasteiger partial charge in [-0.15, -0.1) is 0 Å². The molecule has 31 heavy (non-hydrogen) atoms. The van der Waals surface area contributed by atoms with Crippen molar-refractivity contribution in [3.63, 3.8) is 0 Å². The van der Waals surface area contributed by atoms with Gasteiger partial charge in [0.25, 0.3) is 15.9 Å². The summed E-state index contributed by atoms with van der Waals surface area (Å²) in [6.07, 6.45) is 0.691. The van der Waals surface area contributed by atoms with Gasteiger partial charge in [0.2, 0.25) is 5.95 Å². The van der Waals surface area contributed by atoms with Crippen LogP contribution in [-0.4, -0.2) is 30.4 Å². The summed E-state index contributed by atoms with van der Waals surface area (Å²) in [5, 5.41) is 3.28. The molecule has 0 aliphatic heterocycles. The molecule has 0 bridgehead atoms. The largest absolute Gasteiger partial charge is 0.481 e. The van der Waals surface area contributed by atoms with E-state index >= 15 is 0 Å². The average molecular weight is 461 g/mol. The Morgan fingerprint density at radius 2 is 1.81 bits per heavy atom. The number of nitrogens with one attached hydrogen (secondary N) is 2. The number of carbonyl (C=O) groups is 1. The minimum atomic E-state index is -3.86. The highest BCUT2D eigenvalue weighted by Crippen LogP contribution is 2.23. The van der Waals surface area contributed by atoms with Gasteiger partial charge in [-0.05, 0) is 74.9 Å². The number of ether oxygens (including phenoxy) is 1. The average Bonchev–Trinajstić information content (AvgIpc) is 2.70. The van der Waals surface area contributed by atoms with Crippen molar-refractivity contribution in [2.45, 2.75) is 31.8 Å². The van der Waals surface area contributed by atoms with Crippen molar-refractivity contribution in [1.29, 1.82) is 0 Å². The molecule has 1 atom stereocenters. The van der Waals surface area contributed by atoms with Crippen LogP contribution in [-0.2, 0) is 14.8 Å². The Morgan fingerprint density at radius 3 is 2.45 bits per heavy atom. The van der Waals surface area contributed by atoms with Gasteiger partial charge in [-0.25, -0.2) is 23.1 Å². The van der Waals surface area contributed by atoms with E-state index in [1.807, 2.05) is 6.92 Å². The Hall–Kier alpha value is -3.17. The highest BCUT2D eigenvalue weighted by atomic mass is 35.5. The molecule has 0 saturated carbocycles. The quantitative estimate of drug-likeness (QED) is 0.552. The summed E-state index contributed by atoms with van der Waals surface area (Å²) >= 11 is 5.93. The third kappa shape index (κ3) is 5.93. The number of aryl methyl sites for hydroxylation is 2. The maximum absolute atomic E-state index is 12.5. The normalized spacial score (nSPS) is 12.1. The molecule has 2 N–H and O–H groups in total. The van der Waals surface area contributed by atoms with Crippen molar-refractivity contribution >= 4 is 39.2 Å². The van der Waals surface area contributed by atoms with Crippen LogP contribution in [0.25, 0.3) is 0 Å². The summed E-state index contributed by atoms with van der Waals surface area (Å²) in [4.78, 5) is 20.4. The zero-order valence-electron chi connectivity index (χ0n) is 17.1. The lowest BCUT2D eigenvalue weighted by Gasteiger charge is -2.16. The first-order valence-electron chi connectivity index (χ1n) is 9.30. The van der Waals surface area contributed by atoms with E-state index in [-0.39, 0.29) is 16.8 Å². The first-order chi connectivity index (χ1) is 14.6. The maximum Gasteiger partial charge on any atom is 0.265 e. The predicted molar refractivity (Wildman–Crippen MR) is 119 cm³/mol. The fourth-order valence-corrected chi connectivity index (χ4v) is 3.81. The van der Waals surface area contributed by atoms with Gasteiger partial charge >= 0.3 is 0 Å². The Balaban J connectivity index is 1.64. The number of sulfonamides is 1. The van der Waals surface area contributed by atoms with E-state index in [0.29, 0.717) is 22.2 Å². The monoisotopic (exact) mass is 460 g/mol. The minimum absolute atomic E-state index is 0.0108. The molecule has 1 heterocycles. The maximum atomic E-state index is 12.5. The molecule has 0 radical (unpaired) electrons. The van der Waals surface area contributed by atoms with Crippen LogP contribution >= 0.6 is 11.6 Å². The van der Waals surface area contributed by atoms with Crippen molar-refractivity contribution in [2.75, 3.05) is 10.0 Å². The van der Waals surface area contributed by atoms with Gasteiger partial charge in [0, 0.05) is 22.6 Å². The highest BCUT2D eigenvalue weighted by Gasteiger charge is 2.18. The molecule has 10 heteroatoms. The third-order valence-corrected chi connectivity index (χ3v) is 5.84. The molecule has 0 aliphatic carbocycles. The van der Waals surface area contributed by atoms with E-state index in [9.17, 15) is 13.2 Å². The van der Waals surface area contributed by atoms with E-state index in [1.165, 1.54) is 30.5 Å². The van der Waals surface area contributed by atoms with Crippen molar-refractivity contribution in [2.24, 2.45) is 0 Å². The van der Waals surface area contributed by atoms with Crippen LogP contribution in [0.1, 0.15) is 18.2 Å². The summed E-state index contributed by atoms with van der Waals surface area (Å²) in [7, 11) is -3.86.